The molecule has 0 aromatic heterocycles. The lowest BCUT2D eigenvalue weighted by Gasteiger charge is -2.21. The van der Waals surface area contributed by atoms with Crippen LogP contribution in [0.2, 0.25) is 0 Å². The maximum Gasteiger partial charge on any atom is 0.300 e. The van der Waals surface area contributed by atoms with E-state index in [1.54, 1.807) is 0 Å². The van der Waals surface area contributed by atoms with Crippen molar-refractivity contribution in [3.63, 3.8) is 0 Å². The van der Waals surface area contributed by atoms with E-state index in [9.17, 15) is 0 Å². The van der Waals surface area contributed by atoms with E-state index < -0.39 is 5.97 Å². The van der Waals surface area contributed by atoms with Crippen molar-refractivity contribution in [2.24, 2.45) is 5.41 Å². The monoisotopic (exact) mass is 178 g/mol. The second-order valence-electron chi connectivity index (χ2n) is 3.00. The third kappa shape index (κ3) is 9.39. The van der Waals surface area contributed by atoms with Gasteiger partial charge in [0.2, 0.25) is 0 Å². The SMILES string of the molecule is CC(=O)O.CCC(C)(CO)CO. The molecule has 74 valence electrons. The molecule has 0 aliphatic heterocycles. The van der Waals surface area contributed by atoms with Crippen LogP contribution in [-0.2, 0) is 4.79 Å². The van der Waals surface area contributed by atoms with Gasteiger partial charge in [-0.2, -0.15) is 0 Å². The van der Waals surface area contributed by atoms with Crippen LogP contribution < -0.4 is 0 Å². The Balaban J connectivity index is 0. The molecule has 0 heterocycles. The number of aliphatic hydroxyl groups is 2. The fourth-order valence-corrected chi connectivity index (χ4v) is 0.274. The lowest BCUT2D eigenvalue weighted by atomic mass is 9.90. The van der Waals surface area contributed by atoms with Gasteiger partial charge in [-0.05, 0) is 6.42 Å². The minimum Gasteiger partial charge on any atom is -0.481 e. The highest BCUT2D eigenvalue weighted by molar-refractivity contribution is 5.62. The maximum absolute atomic E-state index is 9.00. The van der Waals surface area contributed by atoms with Gasteiger partial charge in [-0.1, -0.05) is 13.8 Å². The van der Waals surface area contributed by atoms with Gasteiger partial charge in [-0.3, -0.25) is 4.79 Å². The predicted octanol–water partition coefficient (Wildman–Crippen LogP) is 0.478. The van der Waals surface area contributed by atoms with Gasteiger partial charge >= 0.3 is 0 Å². The summed E-state index contributed by atoms with van der Waals surface area (Å²) in [6, 6.07) is 0. The van der Waals surface area contributed by atoms with E-state index >= 15 is 0 Å². The van der Waals surface area contributed by atoms with E-state index in [1.807, 2.05) is 13.8 Å². The standard InChI is InChI=1S/C6H14O2.C2H4O2/c1-3-6(2,4-7)5-8;1-2(3)4/h7-8H,3-5H2,1-2H3;1H3,(H,3,4). The van der Waals surface area contributed by atoms with Gasteiger partial charge in [0.1, 0.15) is 0 Å². The summed E-state index contributed by atoms with van der Waals surface area (Å²) in [6.07, 6.45) is 0.819. The van der Waals surface area contributed by atoms with Crippen LogP contribution in [0, 0.1) is 5.41 Å². The van der Waals surface area contributed by atoms with E-state index in [2.05, 4.69) is 0 Å². The number of hydrogen-bond donors (Lipinski definition) is 3. The van der Waals surface area contributed by atoms with Crippen LogP contribution in [0.5, 0.6) is 0 Å². The van der Waals surface area contributed by atoms with Gasteiger partial charge in [-0.15, -0.1) is 0 Å². The fourth-order valence-electron chi connectivity index (χ4n) is 0.274. The zero-order valence-electron chi connectivity index (χ0n) is 7.87. The first kappa shape index (κ1) is 13.9. The maximum atomic E-state index is 9.00. The molecule has 0 aromatic carbocycles. The van der Waals surface area contributed by atoms with Crippen LogP contribution in [0.4, 0.5) is 0 Å². The molecule has 0 radical (unpaired) electrons. The molecular formula is C8H18O4. The van der Waals surface area contributed by atoms with Crippen molar-refractivity contribution >= 4 is 5.97 Å². The van der Waals surface area contributed by atoms with Crippen LogP contribution in [0.3, 0.4) is 0 Å². The Labute approximate surface area is 72.8 Å². The quantitative estimate of drug-likeness (QED) is 0.587. The predicted molar refractivity (Wildman–Crippen MR) is 45.9 cm³/mol. The van der Waals surface area contributed by atoms with Crippen molar-refractivity contribution in [2.45, 2.75) is 27.2 Å². The molecule has 0 fully saturated rings. The summed E-state index contributed by atoms with van der Waals surface area (Å²) in [4.78, 5) is 9.00. The highest BCUT2D eigenvalue weighted by Crippen LogP contribution is 2.17. The van der Waals surface area contributed by atoms with Crippen molar-refractivity contribution in [1.82, 2.24) is 0 Å². The molecule has 0 aliphatic rings. The normalized spacial score (nSPS) is 10.1. The second-order valence-corrected chi connectivity index (χ2v) is 3.00. The second kappa shape index (κ2) is 7.06. The van der Waals surface area contributed by atoms with Crippen LogP contribution in [0.15, 0.2) is 0 Å². The summed E-state index contributed by atoms with van der Waals surface area (Å²) < 4.78 is 0. The molecule has 0 rings (SSSR count). The van der Waals surface area contributed by atoms with Gasteiger partial charge in [0.25, 0.3) is 5.97 Å². The number of hydrogen-bond acceptors (Lipinski definition) is 3. The number of carboxylic acid groups (broad SMARTS) is 1. The van der Waals surface area contributed by atoms with E-state index in [-0.39, 0.29) is 18.6 Å². The average Bonchev–Trinajstić information content (AvgIpc) is 2.02. The van der Waals surface area contributed by atoms with Crippen molar-refractivity contribution < 1.29 is 20.1 Å². The zero-order valence-corrected chi connectivity index (χ0v) is 7.87. The van der Waals surface area contributed by atoms with E-state index in [0.717, 1.165) is 13.3 Å². The van der Waals surface area contributed by atoms with Crippen LogP contribution >= 0.6 is 0 Å². The van der Waals surface area contributed by atoms with E-state index in [4.69, 9.17) is 20.1 Å². The summed E-state index contributed by atoms with van der Waals surface area (Å²) in [6.45, 7) is 5.03. The summed E-state index contributed by atoms with van der Waals surface area (Å²) >= 11 is 0. The Morgan fingerprint density at radius 2 is 1.58 bits per heavy atom. The topological polar surface area (TPSA) is 77.8 Å². The van der Waals surface area contributed by atoms with Gasteiger partial charge < -0.3 is 15.3 Å². The average molecular weight is 178 g/mol. The Hall–Kier alpha value is -0.610. The summed E-state index contributed by atoms with van der Waals surface area (Å²) in [5, 5.41) is 24.7. The number of rotatable bonds is 3. The van der Waals surface area contributed by atoms with Crippen LogP contribution in [-0.4, -0.2) is 34.5 Å². The molecule has 0 aliphatic carbocycles. The largest absolute Gasteiger partial charge is 0.481 e. The smallest absolute Gasteiger partial charge is 0.300 e. The molecule has 0 unspecified atom stereocenters. The Morgan fingerprint density at radius 3 is 1.58 bits per heavy atom. The van der Waals surface area contributed by atoms with Gasteiger partial charge in [0.05, 0.1) is 13.2 Å². The first-order valence-electron chi connectivity index (χ1n) is 3.83. The lowest BCUT2D eigenvalue weighted by molar-refractivity contribution is -0.134. The lowest BCUT2D eigenvalue weighted by Crippen LogP contribution is -2.24. The van der Waals surface area contributed by atoms with Crippen molar-refractivity contribution in [3.05, 3.63) is 0 Å². The summed E-state index contributed by atoms with van der Waals surface area (Å²) in [7, 11) is 0. The third-order valence-corrected chi connectivity index (χ3v) is 1.62. The van der Waals surface area contributed by atoms with Crippen molar-refractivity contribution in [3.8, 4) is 0 Å². The van der Waals surface area contributed by atoms with Gasteiger partial charge in [0.15, 0.2) is 0 Å². The van der Waals surface area contributed by atoms with Crippen LogP contribution in [0.25, 0.3) is 0 Å². The molecule has 0 bridgehead atoms. The minimum atomic E-state index is -0.833. The van der Waals surface area contributed by atoms with Gasteiger partial charge in [-0.25, -0.2) is 0 Å². The van der Waals surface area contributed by atoms with E-state index in [1.165, 1.54) is 0 Å². The molecule has 0 aromatic rings. The first-order valence-corrected chi connectivity index (χ1v) is 3.83. The number of carboxylic acids is 1. The Morgan fingerprint density at radius 1 is 1.33 bits per heavy atom. The first-order chi connectivity index (χ1) is 5.41. The molecule has 0 saturated heterocycles. The summed E-state index contributed by atoms with van der Waals surface area (Å²) in [5.74, 6) is -0.833. The number of aliphatic hydroxyl groups excluding tert-OH is 2. The van der Waals surface area contributed by atoms with Crippen molar-refractivity contribution in [1.29, 1.82) is 0 Å². The highest BCUT2D eigenvalue weighted by atomic mass is 16.4. The molecule has 0 saturated carbocycles. The third-order valence-electron chi connectivity index (χ3n) is 1.62. The highest BCUT2D eigenvalue weighted by Gasteiger charge is 2.18. The molecule has 0 atom stereocenters. The molecular weight excluding hydrogens is 160 g/mol. The molecule has 3 N–H and O–H groups in total. The number of carbonyl (C=O) groups is 1. The molecule has 0 amide bonds. The van der Waals surface area contributed by atoms with Crippen molar-refractivity contribution in [2.75, 3.05) is 13.2 Å². The molecule has 4 nitrogen and oxygen atoms in total. The fraction of sp³-hybridized carbons (Fsp3) is 0.875. The van der Waals surface area contributed by atoms with Gasteiger partial charge in [0, 0.05) is 12.3 Å². The summed E-state index contributed by atoms with van der Waals surface area (Å²) in [5.41, 5.74) is -0.264. The Bertz CT molecular complexity index is 106. The molecule has 4 heteroatoms. The molecule has 0 spiro atoms. The zero-order chi connectivity index (χ0) is 10.2. The minimum absolute atomic E-state index is 0.0694. The number of aliphatic carboxylic acids is 1. The Kier molecular flexibility index (Phi) is 8.21. The van der Waals surface area contributed by atoms with Crippen LogP contribution in [0.1, 0.15) is 27.2 Å². The molecule has 12 heavy (non-hydrogen) atoms. The van der Waals surface area contributed by atoms with E-state index in [0.29, 0.717) is 0 Å².